The molecule has 0 heterocycles. The first-order valence-electron chi connectivity index (χ1n) is 7.64. The Morgan fingerprint density at radius 1 is 1.00 bits per heavy atom. The Balaban J connectivity index is 3.11. The van der Waals surface area contributed by atoms with Crippen molar-refractivity contribution in [3.8, 4) is 0 Å². The van der Waals surface area contributed by atoms with E-state index in [1.54, 1.807) is 0 Å². The van der Waals surface area contributed by atoms with Crippen LogP contribution in [0.25, 0.3) is 0 Å². The predicted octanol–water partition coefficient (Wildman–Crippen LogP) is 5.12. The van der Waals surface area contributed by atoms with Crippen molar-refractivity contribution in [2.24, 2.45) is 0 Å². The molecule has 0 bridgehead atoms. The third-order valence-electron chi connectivity index (χ3n) is 3.37. The maximum Gasteiger partial charge on any atom is 0.219 e. The summed E-state index contributed by atoms with van der Waals surface area (Å²) in [4.78, 5) is 12.6. The van der Waals surface area contributed by atoms with Gasteiger partial charge in [0.15, 0.2) is 0 Å². The maximum absolute atomic E-state index is 12.6. The summed E-state index contributed by atoms with van der Waals surface area (Å²) in [5, 5.41) is 1.29. The van der Waals surface area contributed by atoms with Crippen molar-refractivity contribution in [3.05, 3.63) is 34.4 Å². The van der Waals surface area contributed by atoms with E-state index in [4.69, 9.17) is 0 Å². The second kappa shape index (κ2) is 7.46. The van der Waals surface area contributed by atoms with Crippen molar-refractivity contribution >= 4 is 25.0 Å². The summed E-state index contributed by atoms with van der Waals surface area (Å²) in [7, 11) is -1.18. The minimum atomic E-state index is -1.18. The van der Waals surface area contributed by atoms with Crippen LogP contribution in [0, 0.1) is 0 Å². The van der Waals surface area contributed by atoms with Gasteiger partial charge in [0.2, 0.25) is 5.12 Å². The van der Waals surface area contributed by atoms with Gasteiger partial charge in [-0.25, -0.2) is 0 Å². The topological polar surface area (TPSA) is 17.1 Å². The van der Waals surface area contributed by atoms with Crippen LogP contribution in [0.1, 0.15) is 47.8 Å². The van der Waals surface area contributed by atoms with Gasteiger partial charge < -0.3 is 0 Å². The molecule has 0 spiro atoms. The Kier molecular flexibility index (Phi) is 6.53. The van der Waals surface area contributed by atoms with Crippen LogP contribution in [0.3, 0.4) is 0 Å². The summed E-state index contributed by atoms with van der Waals surface area (Å²) < 4.78 is 0. The van der Waals surface area contributed by atoms with E-state index < -0.39 is 8.07 Å². The molecule has 0 aromatic heterocycles. The number of hydrogen-bond donors (Lipinski definition) is 0. The van der Waals surface area contributed by atoms with E-state index in [9.17, 15) is 4.79 Å². The molecule has 3 heteroatoms. The molecule has 0 aliphatic heterocycles. The number of aryl methyl sites for hydroxylation is 3. The molecule has 1 aromatic rings. The van der Waals surface area contributed by atoms with Gasteiger partial charge >= 0.3 is 0 Å². The van der Waals surface area contributed by atoms with Gasteiger partial charge in [0.1, 0.15) is 0 Å². The average molecular weight is 309 g/mol. The van der Waals surface area contributed by atoms with Crippen LogP contribution in [-0.4, -0.2) is 18.6 Å². The van der Waals surface area contributed by atoms with Gasteiger partial charge in [0.25, 0.3) is 0 Å². The SMILES string of the molecule is CCc1cc(CC)c(C(=O)SC[Si](C)(C)C)c(CC)c1. The molecule has 0 aliphatic carbocycles. The van der Waals surface area contributed by atoms with E-state index in [0.29, 0.717) is 0 Å². The predicted molar refractivity (Wildman–Crippen MR) is 94.7 cm³/mol. The van der Waals surface area contributed by atoms with E-state index in [1.165, 1.54) is 28.5 Å². The lowest BCUT2D eigenvalue weighted by molar-refractivity contribution is 0.108. The highest BCUT2D eigenvalue weighted by Crippen LogP contribution is 2.26. The summed E-state index contributed by atoms with van der Waals surface area (Å²) in [5.74, 6) is 0. The normalized spacial score (nSPS) is 11.7. The molecule has 1 aromatic carbocycles. The average Bonchev–Trinajstić information content (AvgIpc) is 2.42. The zero-order valence-corrected chi connectivity index (χ0v) is 15.6. The van der Waals surface area contributed by atoms with Gasteiger partial charge in [-0.2, -0.15) is 0 Å². The number of hydrogen-bond acceptors (Lipinski definition) is 2. The van der Waals surface area contributed by atoms with E-state index in [0.717, 1.165) is 30.2 Å². The van der Waals surface area contributed by atoms with Crippen molar-refractivity contribution in [2.75, 3.05) is 5.38 Å². The molecule has 0 saturated carbocycles. The Morgan fingerprint density at radius 3 is 1.85 bits per heavy atom. The zero-order valence-electron chi connectivity index (χ0n) is 13.8. The first kappa shape index (κ1) is 17.5. The maximum atomic E-state index is 12.6. The molecule has 20 heavy (non-hydrogen) atoms. The molecule has 0 atom stereocenters. The van der Waals surface area contributed by atoms with Crippen LogP contribution >= 0.6 is 11.8 Å². The first-order chi connectivity index (χ1) is 9.32. The fourth-order valence-electron chi connectivity index (χ4n) is 2.22. The summed E-state index contributed by atoms with van der Waals surface area (Å²) in [6.45, 7) is 13.4. The Labute approximate surface area is 129 Å². The summed E-state index contributed by atoms with van der Waals surface area (Å²) in [5.41, 5.74) is 4.81. The second-order valence-electron chi connectivity index (χ2n) is 6.49. The lowest BCUT2D eigenvalue weighted by Gasteiger charge is -2.17. The third kappa shape index (κ3) is 4.78. The number of carbonyl (C=O) groups is 1. The van der Waals surface area contributed by atoms with Crippen molar-refractivity contribution < 1.29 is 4.79 Å². The molecule has 0 radical (unpaired) electrons. The largest absolute Gasteiger partial charge is 0.282 e. The van der Waals surface area contributed by atoms with Gasteiger partial charge in [-0.15, -0.1) is 0 Å². The Hall–Kier alpha value is -0.543. The van der Waals surface area contributed by atoms with Crippen LogP contribution in [0.4, 0.5) is 0 Å². The van der Waals surface area contributed by atoms with Gasteiger partial charge in [0.05, 0.1) is 8.07 Å². The molecule has 0 amide bonds. The van der Waals surface area contributed by atoms with Gasteiger partial charge in [-0.05, 0) is 41.3 Å². The van der Waals surface area contributed by atoms with Crippen LogP contribution in [0.2, 0.25) is 19.6 Å². The van der Waals surface area contributed by atoms with Crippen molar-refractivity contribution in [2.45, 2.75) is 59.7 Å². The summed E-state index contributed by atoms with van der Waals surface area (Å²) in [6, 6.07) is 4.45. The molecule has 0 unspecified atom stereocenters. The molecular formula is C17H28OSSi. The molecule has 112 valence electrons. The molecule has 0 N–H and O–H groups in total. The quantitative estimate of drug-likeness (QED) is 0.678. The number of rotatable bonds is 6. The molecular weight excluding hydrogens is 280 g/mol. The fraction of sp³-hybridized carbons (Fsp3) is 0.588. The van der Waals surface area contributed by atoms with Gasteiger partial charge in [-0.1, -0.05) is 64.3 Å². The van der Waals surface area contributed by atoms with Gasteiger partial charge in [-0.3, -0.25) is 4.79 Å². The zero-order chi connectivity index (χ0) is 15.3. The van der Waals surface area contributed by atoms with E-state index in [1.807, 2.05) is 0 Å². The van der Waals surface area contributed by atoms with Gasteiger partial charge in [0, 0.05) is 5.56 Å². The number of thioether (sulfide) groups is 1. The third-order valence-corrected chi connectivity index (χ3v) is 7.88. The number of benzene rings is 1. The molecule has 0 aliphatic rings. The van der Waals surface area contributed by atoms with Crippen LogP contribution < -0.4 is 0 Å². The molecule has 1 nitrogen and oxygen atoms in total. The lowest BCUT2D eigenvalue weighted by atomic mass is 9.94. The highest BCUT2D eigenvalue weighted by Gasteiger charge is 2.20. The fourth-order valence-corrected chi connectivity index (χ4v) is 4.88. The van der Waals surface area contributed by atoms with Crippen LogP contribution in [0.5, 0.6) is 0 Å². The smallest absolute Gasteiger partial charge is 0.219 e. The molecule has 1 rings (SSSR count). The lowest BCUT2D eigenvalue weighted by Crippen LogP contribution is -2.25. The number of carbonyl (C=O) groups excluding carboxylic acids is 1. The molecule has 0 fully saturated rings. The second-order valence-corrected chi connectivity index (χ2v) is 13.4. The highest BCUT2D eigenvalue weighted by atomic mass is 32.2. The monoisotopic (exact) mass is 308 g/mol. The summed E-state index contributed by atoms with van der Waals surface area (Å²) >= 11 is 1.53. The van der Waals surface area contributed by atoms with E-state index in [-0.39, 0.29) is 5.12 Å². The Bertz CT molecular complexity index is 449. The Morgan fingerprint density at radius 2 is 1.50 bits per heavy atom. The minimum absolute atomic E-state index is 0.281. The summed E-state index contributed by atoms with van der Waals surface area (Å²) in [6.07, 6.45) is 2.92. The minimum Gasteiger partial charge on any atom is -0.282 e. The van der Waals surface area contributed by atoms with Crippen LogP contribution in [-0.2, 0) is 19.3 Å². The standard InChI is InChI=1S/C17H28OSSi/c1-7-13-10-14(8-2)16(15(9-3)11-13)17(18)19-12-20(4,5)6/h10-11H,7-9,12H2,1-6H3. The first-order valence-corrected chi connectivity index (χ1v) is 12.3. The van der Waals surface area contributed by atoms with Crippen molar-refractivity contribution in [1.29, 1.82) is 0 Å². The molecule has 0 saturated heterocycles. The van der Waals surface area contributed by atoms with Crippen molar-refractivity contribution in [3.63, 3.8) is 0 Å². The van der Waals surface area contributed by atoms with Crippen LogP contribution in [0.15, 0.2) is 12.1 Å². The van der Waals surface area contributed by atoms with E-state index >= 15 is 0 Å². The highest BCUT2D eigenvalue weighted by molar-refractivity contribution is 8.15. The van der Waals surface area contributed by atoms with E-state index in [2.05, 4.69) is 52.5 Å². The van der Waals surface area contributed by atoms with Crippen molar-refractivity contribution in [1.82, 2.24) is 0 Å².